The topological polar surface area (TPSA) is 117 Å². The van der Waals surface area contributed by atoms with Crippen LogP contribution in [0.5, 0.6) is 11.5 Å². The molecular formula is C28H41N4O8P3S4. The highest BCUT2D eigenvalue weighted by Crippen LogP contribution is 2.63. The van der Waals surface area contributed by atoms with Crippen molar-refractivity contribution >= 4 is 71.6 Å². The lowest BCUT2D eigenvalue weighted by Gasteiger charge is -2.22. The van der Waals surface area contributed by atoms with Crippen molar-refractivity contribution in [2.75, 3.05) is 39.6 Å². The number of benzene rings is 2. The van der Waals surface area contributed by atoms with Crippen molar-refractivity contribution < 1.29 is 36.2 Å². The van der Waals surface area contributed by atoms with E-state index in [0.717, 1.165) is 0 Å². The van der Waals surface area contributed by atoms with Gasteiger partial charge in [0, 0.05) is 46.1 Å². The third-order valence-electron chi connectivity index (χ3n) is 5.60. The van der Waals surface area contributed by atoms with Gasteiger partial charge in [-0.3, -0.25) is 18.1 Å². The predicted molar refractivity (Wildman–Crippen MR) is 199 cm³/mol. The van der Waals surface area contributed by atoms with Crippen molar-refractivity contribution in [2.45, 2.75) is 53.6 Å². The Balaban J connectivity index is 2.11. The van der Waals surface area contributed by atoms with Gasteiger partial charge in [0.05, 0.1) is 45.4 Å². The van der Waals surface area contributed by atoms with Crippen molar-refractivity contribution in [3.05, 3.63) is 54.1 Å². The van der Waals surface area contributed by atoms with Crippen LogP contribution in [0.4, 0.5) is 0 Å². The molecule has 1 aromatic heterocycles. The number of para-hydroxylation sites is 1. The molecule has 0 spiro atoms. The molecule has 0 aliphatic rings. The summed E-state index contributed by atoms with van der Waals surface area (Å²) in [4.78, 5) is 0. The van der Waals surface area contributed by atoms with Crippen LogP contribution in [-0.2, 0) is 62.6 Å². The van der Waals surface area contributed by atoms with E-state index in [9.17, 15) is 0 Å². The Bertz CT molecular complexity index is 1600. The maximum Gasteiger partial charge on any atom is 0.380 e. The zero-order chi connectivity index (χ0) is 34.5. The van der Waals surface area contributed by atoms with Crippen molar-refractivity contribution in [1.82, 2.24) is 14.9 Å². The molecule has 0 aliphatic carbocycles. The highest BCUT2D eigenvalue weighted by molar-refractivity contribution is 8.67. The summed E-state index contributed by atoms with van der Waals surface area (Å²) in [6.45, 7) is 9.11. The average molecular weight is 783 g/mol. The highest BCUT2D eigenvalue weighted by Gasteiger charge is 2.28. The standard InChI is InChI=1S/C28H41N4O8P3S4/c1-8-33-41(44,34-9-2)39-24-20-18-23(19-21-24)27-29-30-28(47-43(46,37-12-5)38-13-6)32(27)31-22(7)25-16-14-15-17-26(25)40-42(45,35-10-3)36-11-4/h14-21H,8-13H2,1-7H3/b31-22+. The molecule has 0 amide bonds. The maximum atomic E-state index is 6.19. The lowest BCUT2D eigenvalue weighted by molar-refractivity contribution is 0.217. The minimum atomic E-state index is -3.05. The second-order valence-electron chi connectivity index (χ2n) is 8.95. The molecule has 0 N–H and O–H groups in total. The number of hydrogen-bond donors (Lipinski definition) is 0. The van der Waals surface area contributed by atoms with Gasteiger partial charge in [0.15, 0.2) is 5.82 Å². The van der Waals surface area contributed by atoms with E-state index < -0.39 is 19.1 Å². The van der Waals surface area contributed by atoms with Gasteiger partial charge in [0.25, 0.3) is 5.69 Å². The van der Waals surface area contributed by atoms with Crippen LogP contribution in [0, 0.1) is 0 Å². The average Bonchev–Trinajstić information content (AvgIpc) is 3.39. The Morgan fingerprint density at radius 3 is 1.74 bits per heavy atom. The number of nitrogens with zero attached hydrogens (tertiary/aromatic N) is 4. The lowest BCUT2D eigenvalue weighted by atomic mass is 10.1. The van der Waals surface area contributed by atoms with Gasteiger partial charge in [-0.2, -0.15) is 9.78 Å². The van der Waals surface area contributed by atoms with Crippen molar-refractivity contribution in [1.29, 1.82) is 0 Å². The summed E-state index contributed by atoms with van der Waals surface area (Å²) in [6, 6.07) is 14.6. The number of aromatic nitrogens is 3. The molecular weight excluding hydrogens is 742 g/mol. The third-order valence-corrected chi connectivity index (χ3v) is 15.3. The summed E-state index contributed by atoms with van der Waals surface area (Å²) in [5.41, 5.74) is -0.877. The smallest absolute Gasteiger partial charge is 0.380 e. The molecule has 47 heavy (non-hydrogen) atoms. The SMILES string of the molecule is CCOP(=S)(OCC)Oc1ccc(-c2nnc(SP(=S)(OCC)OCC)n2/N=C(\C)c2ccccc2OP(=S)(OCC)OCC)cc1. The second kappa shape index (κ2) is 19.3. The van der Waals surface area contributed by atoms with Gasteiger partial charge in [-0.05, 0) is 96.7 Å². The molecule has 1 heterocycles. The molecule has 0 radical (unpaired) electrons. The molecule has 19 heteroatoms. The Labute approximate surface area is 296 Å². The molecule has 0 saturated heterocycles. The van der Waals surface area contributed by atoms with Crippen LogP contribution < -0.4 is 9.05 Å². The maximum absolute atomic E-state index is 6.19. The molecule has 3 aromatic rings. The summed E-state index contributed by atoms with van der Waals surface area (Å²) >= 11 is 18.2. The largest absolute Gasteiger partial charge is 0.424 e. The zero-order valence-corrected chi connectivity index (χ0v) is 33.3. The minimum absolute atomic E-state index is 0.346. The molecule has 2 aromatic carbocycles. The summed E-state index contributed by atoms with van der Waals surface area (Å²) in [6.07, 6.45) is 0. The summed E-state index contributed by atoms with van der Waals surface area (Å²) in [5.74, 6) is 1.40. The minimum Gasteiger partial charge on any atom is -0.424 e. The first kappa shape index (κ1) is 40.3. The van der Waals surface area contributed by atoms with Crippen LogP contribution in [0.25, 0.3) is 11.4 Å². The van der Waals surface area contributed by atoms with Crippen LogP contribution in [-0.4, -0.2) is 60.2 Å². The van der Waals surface area contributed by atoms with E-state index in [-0.39, 0.29) is 0 Å². The molecule has 3 rings (SSSR count). The van der Waals surface area contributed by atoms with Crippen LogP contribution in [0.1, 0.15) is 54.0 Å². The van der Waals surface area contributed by atoms with Gasteiger partial charge in [0.2, 0.25) is 5.16 Å². The van der Waals surface area contributed by atoms with Crippen LogP contribution >= 0.6 is 30.5 Å². The van der Waals surface area contributed by atoms with E-state index >= 15 is 0 Å². The predicted octanol–water partition coefficient (Wildman–Crippen LogP) is 8.96. The van der Waals surface area contributed by atoms with E-state index in [0.29, 0.717) is 79.0 Å². The third kappa shape index (κ3) is 11.7. The first-order chi connectivity index (χ1) is 22.5. The van der Waals surface area contributed by atoms with Gasteiger partial charge in [-0.1, -0.05) is 12.1 Å². The van der Waals surface area contributed by atoms with Gasteiger partial charge < -0.3 is 18.1 Å². The highest BCUT2D eigenvalue weighted by atomic mass is 32.9. The van der Waals surface area contributed by atoms with Gasteiger partial charge in [0.1, 0.15) is 11.5 Å². The Morgan fingerprint density at radius 2 is 1.21 bits per heavy atom. The van der Waals surface area contributed by atoms with Crippen molar-refractivity contribution in [3.63, 3.8) is 0 Å². The normalized spacial score (nSPS) is 12.8. The van der Waals surface area contributed by atoms with E-state index in [1.54, 1.807) is 22.9 Å². The molecule has 0 atom stereocenters. The molecule has 0 aliphatic heterocycles. The Morgan fingerprint density at radius 1 is 0.702 bits per heavy atom. The summed E-state index contributed by atoms with van der Waals surface area (Å²) in [7, 11) is 0. The molecule has 0 fully saturated rings. The number of rotatable bonds is 21. The monoisotopic (exact) mass is 782 g/mol. The summed E-state index contributed by atoms with van der Waals surface area (Å²) < 4.78 is 48.2. The van der Waals surface area contributed by atoms with E-state index in [4.69, 9.17) is 76.7 Å². The van der Waals surface area contributed by atoms with Crippen molar-refractivity contribution in [3.8, 4) is 22.9 Å². The van der Waals surface area contributed by atoms with E-state index in [2.05, 4.69) is 10.2 Å². The van der Waals surface area contributed by atoms with Crippen LogP contribution in [0.3, 0.4) is 0 Å². The van der Waals surface area contributed by atoms with E-state index in [1.807, 2.05) is 78.8 Å². The molecule has 0 unspecified atom stereocenters. The molecule has 260 valence electrons. The van der Waals surface area contributed by atoms with Gasteiger partial charge in [-0.15, -0.1) is 10.2 Å². The van der Waals surface area contributed by atoms with Crippen LogP contribution in [0.2, 0.25) is 0 Å². The fourth-order valence-electron chi connectivity index (χ4n) is 3.87. The molecule has 12 nitrogen and oxygen atoms in total. The Kier molecular flexibility index (Phi) is 16.6. The fraction of sp³-hybridized carbons (Fsp3) is 0.464. The lowest BCUT2D eigenvalue weighted by Crippen LogP contribution is -2.07. The Hall–Kier alpha value is -1.09. The van der Waals surface area contributed by atoms with Crippen molar-refractivity contribution in [2.24, 2.45) is 5.10 Å². The first-order valence-electron chi connectivity index (χ1n) is 14.9. The van der Waals surface area contributed by atoms with Gasteiger partial charge in [-0.25, -0.2) is 0 Å². The van der Waals surface area contributed by atoms with Crippen LogP contribution in [0.15, 0.2) is 58.8 Å². The molecule has 0 bridgehead atoms. The van der Waals surface area contributed by atoms with E-state index in [1.165, 1.54) is 11.4 Å². The number of hydrogen-bond acceptors (Lipinski definition) is 15. The first-order valence-corrected chi connectivity index (χ1v) is 24.1. The molecule has 0 saturated carbocycles. The summed E-state index contributed by atoms with van der Waals surface area (Å²) in [5, 5.41) is 14.3. The fourth-order valence-corrected chi connectivity index (χ4v) is 12.5. The quantitative estimate of drug-likeness (QED) is 0.0756. The zero-order valence-electron chi connectivity index (χ0n) is 27.4. The van der Waals surface area contributed by atoms with Gasteiger partial charge >= 0.3 is 13.4 Å². The second-order valence-corrected chi connectivity index (χ2v) is 20.9.